The van der Waals surface area contributed by atoms with Gasteiger partial charge in [0, 0.05) is 36.2 Å². The maximum absolute atomic E-state index is 12.4. The molecule has 4 aromatic rings. The van der Waals surface area contributed by atoms with Gasteiger partial charge in [-0.25, -0.2) is 13.1 Å². The highest BCUT2D eigenvalue weighted by molar-refractivity contribution is 7.89. The standard InChI is InChI=1S/C22H19N3O6S/c26-21(12-16-14-31-20-9-8-15-4-1-2-7-19(15)22(16)20)23-10-11-24-32(29,30)18-6-3-5-17(13-18)25(27)28/h1-9,13-14,24H,10-12H2,(H,23,26). The minimum atomic E-state index is -3.94. The van der Waals surface area contributed by atoms with Crippen molar-refractivity contribution in [3.05, 3.63) is 82.6 Å². The molecule has 0 atom stereocenters. The van der Waals surface area contributed by atoms with Crippen LogP contribution < -0.4 is 10.0 Å². The minimum absolute atomic E-state index is 0.0590. The maximum Gasteiger partial charge on any atom is 0.270 e. The first kappa shape index (κ1) is 21.5. The average molecular weight is 453 g/mol. The fraction of sp³-hybridized carbons (Fsp3) is 0.136. The fourth-order valence-corrected chi connectivity index (χ4v) is 4.55. The van der Waals surface area contributed by atoms with Gasteiger partial charge >= 0.3 is 0 Å². The van der Waals surface area contributed by atoms with E-state index in [2.05, 4.69) is 10.0 Å². The molecule has 0 aliphatic heterocycles. The van der Waals surface area contributed by atoms with Crippen molar-refractivity contribution in [2.75, 3.05) is 13.1 Å². The first-order valence-corrected chi connectivity index (χ1v) is 11.2. The highest BCUT2D eigenvalue weighted by Crippen LogP contribution is 2.30. The van der Waals surface area contributed by atoms with Gasteiger partial charge in [-0.2, -0.15) is 0 Å². The Morgan fingerprint density at radius 2 is 1.84 bits per heavy atom. The summed E-state index contributed by atoms with van der Waals surface area (Å²) in [6.45, 7) is -0.00461. The van der Waals surface area contributed by atoms with Crippen LogP contribution in [0.5, 0.6) is 0 Å². The van der Waals surface area contributed by atoms with Gasteiger partial charge in [0.1, 0.15) is 5.58 Å². The van der Waals surface area contributed by atoms with Gasteiger partial charge in [-0.15, -0.1) is 0 Å². The molecule has 0 saturated carbocycles. The predicted octanol–water partition coefficient (Wildman–Crippen LogP) is 3.13. The Bertz CT molecular complexity index is 1430. The summed E-state index contributed by atoms with van der Waals surface area (Å²) in [5.74, 6) is -0.282. The van der Waals surface area contributed by atoms with Crippen molar-refractivity contribution in [3.63, 3.8) is 0 Å². The lowest BCUT2D eigenvalue weighted by Gasteiger charge is -2.08. The number of hydrogen-bond acceptors (Lipinski definition) is 6. The number of amides is 1. The van der Waals surface area contributed by atoms with Crippen molar-refractivity contribution in [3.8, 4) is 0 Å². The van der Waals surface area contributed by atoms with E-state index in [1.54, 1.807) is 6.26 Å². The lowest BCUT2D eigenvalue weighted by molar-refractivity contribution is -0.385. The number of nitro benzene ring substituents is 1. The number of benzene rings is 3. The van der Waals surface area contributed by atoms with Crippen molar-refractivity contribution >= 4 is 43.4 Å². The van der Waals surface area contributed by atoms with E-state index in [9.17, 15) is 23.3 Å². The molecule has 0 fully saturated rings. The number of furan rings is 1. The first-order valence-electron chi connectivity index (χ1n) is 9.74. The molecule has 1 amide bonds. The molecule has 1 heterocycles. The van der Waals surface area contributed by atoms with Gasteiger partial charge in [0.25, 0.3) is 5.69 Å². The normalized spacial score (nSPS) is 11.6. The summed E-state index contributed by atoms with van der Waals surface area (Å²) < 4.78 is 32.6. The van der Waals surface area contributed by atoms with E-state index < -0.39 is 14.9 Å². The van der Waals surface area contributed by atoms with Crippen LogP contribution in [-0.2, 0) is 21.2 Å². The molecule has 0 saturated heterocycles. The van der Waals surface area contributed by atoms with Crippen LogP contribution >= 0.6 is 0 Å². The molecular weight excluding hydrogens is 434 g/mol. The molecule has 4 rings (SSSR count). The van der Waals surface area contributed by atoms with E-state index in [1.807, 2.05) is 36.4 Å². The largest absolute Gasteiger partial charge is 0.464 e. The number of nitrogens with one attached hydrogen (secondary N) is 2. The molecule has 3 aromatic carbocycles. The SMILES string of the molecule is O=C(Cc1coc2ccc3ccccc3c12)NCCNS(=O)(=O)c1cccc([N+](=O)[O-])c1. The van der Waals surface area contributed by atoms with Crippen LogP contribution in [0.4, 0.5) is 5.69 Å². The van der Waals surface area contributed by atoms with Crippen molar-refractivity contribution in [2.24, 2.45) is 0 Å². The molecule has 9 nitrogen and oxygen atoms in total. The van der Waals surface area contributed by atoms with E-state index >= 15 is 0 Å². The second kappa shape index (κ2) is 8.77. The number of hydrogen-bond donors (Lipinski definition) is 2. The predicted molar refractivity (Wildman–Crippen MR) is 119 cm³/mol. The Morgan fingerprint density at radius 3 is 2.66 bits per heavy atom. The first-order chi connectivity index (χ1) is 15.3. The third-order valence-electron chi connectivity index (χ3n) is 4.97. The van der Waals surface area contributed by atoms with Crippen LogP contribution in [0.1, 0.15) is 5.56 Å². The number of fused-ring (bicyclic) bond motifs is 3. The van der Waals surface area contributed by atoms with E-state index in [-0.39, 0.29) is 36.0 Å². The maximum atomic E-state index is 12.4. The summed E-state index contributed by atoms with van der Waals surface area (Å²) >= 11 is 0. The summed E-state index contributed by atoms with van der Waals surface area (Å²) in [4.78, 5) is 22.4. The number of non-ortho nitro benzene ring substituents is 1. The second-order valence-electron chi connectivity index (χ2n) is 7.10. The lowest BCUT2D eigenvalue weighted by atomic mass is 10.0. The minimum Gasteiger partial charge on any atom is -0.464 e. The molecule has 0 radical (unpaired) electrons. The van der Waals surface area contributed by atoms with Crippen LogP contribution in [0.3, 0.4) is 0 Å². The van der Waals surface area contributed by atoms with Gasteiger partial charge in [-0.3, -0.25) is 14.9 Å². The topological polar surface area (TPSA) is 132 Å². The van der Waals surface area contributed by atoms with Crippen molar-refractivity contribution in [1.82, 2.24) is 10.0 Å². The summed E-state index contributed by atoms with van der Waals surface area (Å²) in [5, 5.41) is 16.4. The number of sulfonamides is 1. The number of nitro groups is 1. The molecular formula is C22H19N3O6S. The van der Waals surface area contributed by atoms with Gasteiger partial charge in [-0.1, -0.05) is 36.4 Å². The summed E-state index contributed by atoms with van der Waals surface area (Å²) in [7, 11) is -3.94. The zero-order valence-electron chi connectivity index (χ0n) is 16.8. The molecule has 0 aliphatic rings. The molecule has 0 unspecified atom stereocenters. The number of rotatable bonds is 8. The highest BCUT2D eigenvalue weighted by atomic mass is 32.2. The van der Waals surface area contributed by atoms with Gasteiger partial charge in [0.2, 0.25) is 15.9 Å². The van der Waals surface area contributed by atoms with Gasteiger partial charge in [0.15, 0.2) is 0 Å². The number of carbonyl (C=O) groups excluding carboxylic acids is 1. The van der Waals surface area contributed by atoms with E-state index in [0.29, 0.717) is 5.58 Å². The molecule has 0 spiro atoms. The Labute approximate surface area is 183 Å². The van der Waals surface area contributed by atoms with Crippen LogP contribution in [0.15, 0.2) is 76.2 Å². The van der Waals surface area contributed by atoms with Gasteiger partial charge < -0.3 is 9.73 Å². The third-order valence-corrected chi connectivity index (χ3v) is 6.43. The van der Waals surface area contributed by atoms with E-state index in [1.165, 1.54) is 18.2 Å². The zero-order chi connectivity index (χ0) is 22.7. The van der Waals surface area contributed by atoms with E-state index in [4.69, 9.17) is 4.42 Å². The molecule has 0 aliphatic carbocycles. The fourth-order valence-electron chi connectivity index (χ4n) is 3.47. The molecule has 32 heavy (non-hydrogen) atoms. The molecule has 2 N–H and O–H groups in total. The van der Waals surface area contributed by atoms with Crippen molar-refractivity contribution in [2.45, 2.75) is 11.3 Å². The van der Waals surface area contributed by atoms with Crippen LogP contribution in [0.25, 0.3) is 21.7 Å². The van der Waals surface area contributed by atoms with Gasteiger partial charge in [-0.05, 0) is 22.9 Å². The molecule has 10 heteroatoms. The smallest absolute Gasteiger partial charge is 0.270 e. The Morgan fingerprint density at radius 1 is 1.03 bits per heavy atom. The highest BCUT2D eigenvalue weighted by Gasteiger charge is 2.17. The zero-order valence-corrected chi connectivity index (χ0v) is 17.6. The molecule has 164 valence electrons. The van der Waals surface area contributed by atoms with Crippen LogP contribution in [-0.4, -0.2) is 32.3 Å². The third kappa shape index (κ3) is 4.46. The second-order valence-corrected chi connectivity index (χ2v) is 8.87. The van der Waals surface area contributed by atoms with Gasteiger partial charge in [0.05, 0.1) is 22.5 Å². The van der Waals surface area contributed by atoms with Crippen LogP contribution in [0.2, 0.25) is 0 Å². The monoisotopic (exact) mass is 453 g/mol. The summed E-state index contributed by atoms with van der Waals surface area (Å²) in [6.07, 6.45) is 1.64. The quantitative estimate of drug-likeness (QED) is 0.239. The van der Waals surface area contributed by atoms with Crippen LogP contribution in [0, 0.1) is 10.1 Å². The summed E-state index contributed by atoms with van der Waals surface area (Å²) in [5.41, 5.74) is 1.11. The Hall–Kier alpha value is -3.76. The molecule has 1 aromatic heterocycles. The Kier molecular flexibility index (Phi) is 5.89. The number of carbonyl (C=O) groups is 1. The number of nitrogens with zero attached hydrogens (tertiary/aromatic N) is 1. The molecule has 0 bridgehead atoms. The lowest BCUT2D eigenvalue weighted by Crippen LogP contribution is -2.35. The Balaban J connectivity index is 1.37. The van der Waals surface area contributed by atoms with Crippen molar-refractivity contribution < 1.29 is 22.6 Å². The van der Waals surface area contributed by atoms with Crippen molar-refractivity contribution in [1.29, 1.82) is 0 Å². The van der Waals surface area contributed by atoms with E-state index in [0.717, 1.165) is 27.8 Å². The average Bonchev–Trinajstić information content (AvgIpc) is 3.20. The summed E-state index contributed by atoms with van der Waals surface area (Å²) in [6, 6.07) is 16.4.